The van der Waals surface area contributed by atoms with E-state index in [1.165, 1.54) is 6.07 Å². The van der Waals surface area contributed by atoms with Gasteiger partial charge in [0.15, 0.2) is 11.6 Å². The number of carbonyl (C=O) groups is 1. The van der Waals surface area contributed by atoms with Crippen LogP contribution in [0.2, 0.25) is 0 Å². The lowest BCUT2D eigenvalue weighted by Crippen LogP contribution is -2.29. The lowest BCUT2D eigenvalue weighted by molar-refractivity contribution is -0.142. The molecule has 21 heavy (non-hydrogen) atoms. The molecular weight excluding hydrogens is 273 g/mol. The second-order valence-corrected chi connectivity index (χ2v) is 5.49. The van der Waals surface area contributed by atoms with Crippen LogP contribution in [0.1, 0.15) is 32.8 Å². The molecule has 5 heteroatoms. The average molecular weight is 297 g/mol. The van der Waals surface area contributed by atoms with Crippen LogP contribution in [0.5, 0.6) is 5.75 Å². The molecule has 0 aliphatic rings. The van der Waals surface area contributed by atoms with Crippen molar-refractivity contribution in [2.45, 2.75) is 33.7 Å². The first-order valence-electron chi connectivity index (χ1n) is 7.28. The van der Waals surface area contributed by atoms with E-state index < -0.39 is 17.7 Å². The van der Waals surface area contributed by atoms with Crippen LogP contribution in [0.4, 0.5) is 4.39 Å². The minimum atomic E-state index is -0.797. The Morgan fingerprint density at radius 2 is 2.14 bits per heavy atom. The molecule has 0 radical (unpaired) electrons. The first kappa shape index (κ1) is 17.4. The molecule has 0 spiro atoms. The van der Waals surface area contributed by atoms with E-state index in [-0.39, 0.29) is 5.75 Å². The Labute approximate surface area is 125 Å². The van der Waals surface area contributed by atoms with Crippen molar-refractivity contribution < 1.29 is 19.0 Å². The first-order chi connectivity index (χ1) is 9.93. The van der Waals surface area contributed by atoms with E-state index in [4.69, 9.17) is 9.84 Å². The quantitative estimate of drug-likeness (QED) is 0.735. The molecule has 0 aliphatic heterocycles. The molecule has 0 heterocycles. The molecular formula is C16H24FNO3. The molecule has 0 aromatic heterocycles. The van der Waals surface area contributed by atoms with Crippen LogP contribution in [0.3, 0.4) is 0 Å². The van der Waals surface area contributed by atoms with Crippen molar-refractivity contribution in [2.24, 2.45) is 11.8 Å². The summed E-state index contributed by atoms with van der Waals surface area (Å²) in [6.07, 6.45) is 0.625. The van der Waals surface area contributed by atoms with Crippen LogP contribution < -0.4 is 10.1 Å². The van der Waals surface area contributed by atoms with Crippen LogP contribution in [0.25, 0.3) is 0 Å². The predicted octanol–water partition coefficient (Wildman–Crippen LogP) is 3.06. The average Bonchev–Trinajstić information content (AvgIpc) is 2.40. The Morgan fingerprint density at radius 3 is 2.67 bits per heavy atom. The number of ether oxygens (including phenoxy) is 1. The van der Waals surface area contributed by atoms with Crippen molar-refractivity contribution in [1.82, 2.24) is 5.32 Å². The van der Waals surface area contributed by atoms with Gasteiger partial charge in [-0.25, -0.2) is 4.39 Å². The van der Waals surface area contributed by atoms with E-state index in [9.17, 15) is 9.18 Å². The highest BCUT2D eigenvalue weighted by Gasteiger charge is 2.18. The fourth-order valence-corrected chi connectivity index (χ4v) is 2.16. The van der Waals surface area contributed by atoms with Crippen LogP contribution >= 0.6 is 0 Å². The zero-order valence-corrected chi connectivity index (χ0v) is 12.9. The summed E-state index contributed by atoms with van der Waals surface area (Å²) >= 11 is 0. The van der Waals surface area contributed by atoms with Crippen molar-refractivity contribution in [3.8, 4) is 5.75 Å². The maximum atomic E-state index is 13.7. The predicted molar refractivity (Wildman–Crippen MR) is 79.9 cm³/mol. The molecule has 1 rings (SSSR count). The van der Waals surface area contributed by atoms with Gasteiger partial charge >= 0.3 is 5.97 Å². The van der Waals surface area contributed by atoms with Crippen LogP contribution in [0, 0.1) is 17.7 Å². The maximum absolute atomic E-state index is 13.7. The zero-order valence-electron chi connectivity index (χ0n) is 12.9. The van der Waals surface area contributed by atoms with Crippen molar-refractivity contribution in [3.63, 3.8) is 0 Å². The number of hydrogen-bond donors (Lipinski definition) is 2. The number of nitrogens with one attached hydrogen (secondary N) is 1. The van der Waals surface area contributed by atoms with Gasteiger partial charge in [0.25, 0.3) is 0 Å². The third kappa shape index (κ3) is 6.12. The molecule has 118 valence electrons. The lowest BCUT2D eigenvalue weighted by Gasteiger charge is -2.15. The highest BCUT2D eigenvalue weighted by Crippen LogP contribution is 2.18. The fraction of sp³-hybridized carbons (Fsp3) is 0.562. The van der Waals surface area contributed by atoms with Gasteiger partial charge in [0.1, 0.15) is 0 Å². The third-order valence-electron chi connectivity index (χ3n) is 3.12. The summed E-state index contributed by atoms with van der Waals surface area (Å²) in [7, 11) is 0. The SMILES string of the molecule is CCOc1ccc(CNCC(CC(C)C)C(=O)O)cc1F. The van der Waals surface area contributed by atoms with Gasteiger partial charge in [0.2, 0.25) is 0 Å². The molecule has 2 N–H and O–H groups in total. The highest BCUT2D eigenvalue weighted by molar-refractivity contribution is 5.70. The molecule has 0 bridgehead atoms. The minimum Gasteiger partial charge on any atom is -0.491 e. The maximum Gasteiger partial charge on any atom is 0.307 e. The summed E-state index contributed by atoms with van der Waals surface area (Å²) in [5.41, 5.74) is 0.768. The summed E-state index contributed by atoms with van der Waals surface area (Å²) in [6, 6.07) is 4.79. The van der Waals surface area contributed by atoms with E-state index in [1.54, 1.807) is 19.1 Å². The molecule has 4 nitrogen and oxygen atoms in total. The van der Waals surface area contributed by atoms with E-state index in [2.05, 4.69) is 5.32 Å². The molecule has 0 fully saturated rings. The zero-order chi connectivity index (χ0) is 15.8. The number of aliphatic carboxylic acids is 1. The lowest BCUT2D eigenvalue weighted by atomic mass is 9.97. The van der Waals surface area contributed by atoms with Gasteiger partial charge in [-0.05, 0) is 37.0 Å². The van der Waals surface area contributed by atoms with Gasteiger partial charge in [-0.2, -0.15) is 0 Å². The number of benzene rings is 1. The third-order valence-corrected chi connectivity index (χ3v) is 3.12. The Kier molecular flexibility index (Phi) is 7.15. The van der Waals surface area contributed by atoms with E-state index in [1.807, 2.05) is 13.8 Å². The molecule has 0 aliphatic carbocycles. The molecule has 0 saturated heterocycles. The Bertz CT molecular complexity index is 463. The standard InChI is InChI=1S/C16H24FNO3/c1-4-21-15-6-5-12(8-14(15)17)9-18-10-13(16(19)20)7-11(2)3/h5-6,8,11,13,18H,4,7,9-10H2,1-3H3,(H,19,20). The smallest absolute Gasteiger partial charge is 0.307 e. The molecule has 0 amide bonds. The van der Waals surface area contributed by atoms with Gasteiger partial charge in [-0.15, -0.1) is 0 Å². The summed E-state index contributed by atoms with van der Waals surface area (Å²) in [4.78, 5) is 11.1. The van der Waals surface area contributed by atoms with Gasteiger partial charge in [-0.1, -0.05) is 19.9 Å². The molecule has 1 unspecified atom stereocenters. The fourth-order valence-electron chi connectivity index (χ4n) is 2.16. The topological polar surface area (TPSA) is 58.6 Å². The largest absolute Gasteiger partial charge is 0.491 e. The van der Waals surface area contributed by atoms with Gasteiger partial charge < -0.3 is 15.2 Å². The van der Waals surface area contributed by atoms with Crippen LogP contribution in [-0.4, -0.2) is 24.2 Å². The van der Waals surface area contributed by atoms with Gasteiger partial charge in [0.05, 0.1) is 12.5 Å². The Morgan fingerprint density at radius 1 is 1.43 bits per heavy atom. The van der Waals surface area contributed by atoms with E-state index in [0.717, 1.165) is 5.56 Å². The highest BCUT2D eigenvalue weighted by atomic mass is 19.1. The number of carboxylic acids is 1. The molecule has 1 aromatic carbocycles. The second kappa shape index (κ2) is 8.62. The summed E-state index contributed by atoms with van der Waals surface area (Å²) in [5, 5.41) is 12.2. The van der Waals surface area contributed by atoms with Crippen LogP contribution in [0.15, 0.2) is 18.2 Å². The van der Waals surface area contributed by atoms with Crippen molar-refractivity contribution in [1.29, 1.82) is 0 Å². The minimum absolute atomic E-state index is 0.240. The van der Waals surface area contributed by atoms with E-state index in [0.29, 0.717) is 32.0 Å². The van der Waals surface area contributed by atoms with Crippen LogP contribution in [-0.2, 0) is 11.3 Å². The van der Waals surface area contributed by atoms with Crippen molar-refractivity contribution in [2.75, 3.05) is 13.2 Å². The first-order valence-corrected chi connectivity index (χ1v) is 7.28. The normalized spacial score (nSPS) is 12.4. The van der Waals surface area contributed by atoms with Gasteiger partial charge in [-0.3, -0.25) is 4.79 Å². The summed E-state index contributed by atoms with van der Waals surface area (Å²) in [6.45, 7) is 7.03. The molecule has 1 atom stereocenters. The summed E-state index contributed by atoms with van der Waals surface area (Å²) in [5.74, 6) is -1.04. The van der Waals surface area contributed by atoms with Crippen molar-refractivity contribution >= 4 is 5.97 Å². The van der Waals surface area contributed by atoms with Crippen molar-refractivity contribution in [3.05, 3.63) is 29.6 Å². The van der Waals surface area contributed by atoms with Gasteiger partial charge in [0, 0.05) is 13.1 Å². The molecule has 1 aromatic rings. The number of hydrogen-bond acceptors (Lipinski definition) is 3. The number of carboxylic acid groups (broad SMARTS) is 1. The number of halogens is 1. The molecule has 0 saturated carbocycles. The Balaban J connectivity index is 2.51. The Hall–Kier alpha value is -1.62. The number of rotatable bonds is 9. The second-order valence-electron chi connectivity index (χ2n) is 5.49. The monoisotopic (exact) mass is 297 g/mol. The van der Waals surface area contributed by atoms with E-state index >= 15 is 0 Å². The summed E-state index contributed by atoms with van der Waals surface area (Å²) < 4.78 is 18.8.